The summed E-state index contributed by atoms with van der Waals surface area (Å²) in [5.74, 6) is -0.441. The number of hydrogen-bond donors (Lipinski definition) is 0. The average Bonchev–Trinajstić information content (AvgIpc) is 3.16. The molecule has 0 bridgehead atoms. The molecule has 0 spiro atoms. The van der Waals surface area contributed by atoms with Crippen LogP contribution >= 0.6 is 11.6 Å². The van der Waals surface area contributed by atoms with Gasteiger partial charge in [0.05, 0.1) is 5.92 Å². The first-order chi connectivity index (χ1) is 14.4. The van der Waals surface area contributed by atoms with Crippen molar-refractivity contribution in [3.8, 4) is 0 Å². The van der Waals surface area contributed by atoms with Crippen LogP contribution in [0.2, 0.25) is 0 Å². The molecule has 30 heavy (non-hydrogen) atoms. The molecule has 4 rings (SSSR count). The van der Waals surface area contributed by atoms with Crippen LogP contribution in [0.25, 0.3) is 0 Å². The Morgan fingerprint density at radius 3 is 2.07 bits per heavy atom. The molecule has 2 aliphatic rings. The van der Waals surface area contributed by atoms with E-state index in [1.807, 2.05) is 60.4 Å². The number of carbonyl (C=O) groups is 3. The Morgan fingerprint density at radius 2 is 1.50 bits per heavy atom. The Hall–Kier alpha value is -2.86. The van der Waals surface area contributed by atoms with Crippen molar-refractivity contribution in [1.29, 1.82) is 0 Å². The van der Waals surface area contributed by atoms with E-state index in [0.717, 1.165) is 35.6 Å². The fourth-order valence-corrected chi connectivity index (χ4v) is 4.15. The van der Waals surface area contributed by atoms with Crippen LogP contribution in [-0.2, 0) is 9.59 Å². The molecule has 2 saturated heterocycles. The molecule has 0 aromatic heterocycles. The molecule has 2 aromatic carbocycles. The molecule has 2 aliphatic heterocycles. The first kappa shape index (κ1) is 20.4. The van der Waals surface area contributed by atoms with E-state index in [1.165, 1.54) is 0 Å². The van der Waals surface area contributed by atoms with Gasteiger partial charge in [0.2, 0.25) is 11.1 Å². The number of anilines is 2. The lowest BCUT2D eigenvalue weighted by Crippen LogP contribution is -2.48. The Kier molecular flexibility index (Phi) is 5.77. The normalized spacial score (nSPS) is 19.3. The molecule has 2 fully saturated rings. The third-order valence-corrected chi connectivity index (χ3v) is 6.15. The first-order valence-corrected chi connectivity index (χ1v) is 10.5. The van der Waals surface area contributed by atoms with Crippen LogP contribution in [0.3, 0.4) is 0 Å². The largest absolute Gasteiger partial charge is 0.368 e. The van der Waals surface area contributed by atoms with Gasteiger partial charge < -0.3 is 14.7 Å². The van der Waals surface area contributed by atoms with E-state index in [4.69, 9.17) is 11.6 Å². The maximum Gasteiger partial charge on any atom is 0.253 e. The summed E-state index contributed by atoms with van der Waals surface area (Å²) in [5, 5.41) is -0.458. The molecule has 2 amide bonds. The van der Waals surface area contributed by atoms with Gasteiger partial charge in [-0.15, -0.1) is 0 Å². The highest BCUT2D eigenvalue weighted by Gasteiger charge is 2.34. The van der Waals surface area contributed by atoms with Crippen LogP contribution in [0, 0.1) is 12.8 Å². The van der Waals surface area contributed by atoms with Gasteiger partial charge in [0.15, 0.2) is 0 Å². The van der Waals surface area contributed by atoms with Gasteiger partial charge in [0, 0.05) is 56.1 Å². The average molecular weight is 426 g/mol. The van der Waals surface area contributed by atoms with Gasteiger partial charge >= 0.3 is 0 Å². The van der Waals surface area contributed by atoms with E-state index < -0.39 is 11.2 Å². The Morgan fingerprint density at radius 1 is 0.900 bits per heavy atom. The molecule has 2 heterocycles. The van der Waals surface area contributed by atoms with Gasteiger partial charge in [-0.3, -0.25) is 14.4 Å². The molecule has 7 heteroatoms. The Balaban J connectivity index is 1.36. The summed E-state index contributed by atoms with van der Waals surface area (Å²) < 4.78 is 0. The lowest BCUT2D eigenvalue weighted by Gasteiger charge is -2.36. The number of benzene rings is 2. The smallest absolute Gasteiger partial charge is 0.253 e. The van der Waals surface area contributed by atoms with Crippen molar-refractivity contribution < 1.29 is 14.4 Å². The van der Waals surface area contributed by atoms with Crippen LogP contribution in [0.4, 0.5) is 11.4 Å². The number of nitrogens with zero attached hydrogens (tertiary/aromatic N) is 3. The zero-order chi connectivity index (χ0) is 21.3. The van der Waals surface area contributed by atoms with Crippen molar-refractivity contribution in [1.82, 2.24) is 4.90 Å². The third-order valence-electron chi connectivity index (χ3n) is 5.84. The van der Waals surface area contributed by atoms with Crippen LogP contribution in [0.15, 0.2) is 48.5 Å². The van der Waals surface area contributed by atoms with Crippen molar-refractivity contribution in [3.05, 3.63) is 59.7 Å². The van der Waals surface area contributed by atoms with E-state index in [-0.39, 0.29) is 18.2 Å². The maximum absolute atomic E-state index is 12.7. The lowest BCUT2D eigenvalue weighted by atomic mass is 10.1. The van der Waals surface area contributed by atoms with Crippen LogP contribution in [0.1, 0.15) is 22.3 Å². The number of amides is 2. The quantitative estimate of drug-likeness (QED) is 0.706. The summed E-state index contributed by atoms with van der Waals surface area (Å²) in [6.45, 7) is 5.18. The summed E-state index contributed by atoms with van der Waals surface area (Å²) >= 11 is 5.56. The van der Waals surface area contributed by atoms with Crippen LogP contribution < -0.4 is 9.80 Å². The zero-order valence-corrected chi connectivity index (χ0v) is 17.6. The van der Waals surface area contributed by atoms with Crippen molar-refractivity contribution in [2.75, 3.05) is 42.5 Å². The van der Waals surface area contributed by atoms with Crippen molar-refractivity contribution in [2.24, 2.45) is 5.92 Å². The summed E-state index contributed by atoms with van der Waals surface area (Å²) in [7, 11) is 0. The summed E-state index contributed by atoms with van der Waals surface area (Å²) in [5.41, 5.74) is 3.69. The summed E-state index contributed by atoms with van der Waals surface area (Å²) in [6, 6.07) is 15.4. The Labute approximate surface area is 181 Å². The molecule has 0 saturated carbocycles. The minimum Gasteiger partial charge on any atom is -0.368 e. The summed E-state index contributed by atoms with van der Waals surface area (Å²) in [4.78, 5) is 42.0. The van der Waals surface area contributed by atoms with E-state index >= 15 is 0 Å². The van der Waals surface area contributed by atoms with Crippen molar-refractivity contribution in [3.63, 3.8) is 0 Å². The first-order valence-electron chi connectivity index (χ1n) is 10.1. The highest BCUT2D eigenvalue weighted by Crippen LogP contribution is 2.28. The van der Waals surface area contributed by atoms with Gasteiger partial charge in [0.1, 0.15) is 0 Å². The molecule has 0 radical (unpaired) electrons. The van der Waals surface area contributed by atoms with Crippen LogP contribution in [0.5, 0.6) is 0 Å². The monoisotopic (exact) mass is 425 g/mol. The number of aryl methyl sites for hydroxylation is 1. The SMILES string of the molecule is Cc1ccc(C(=O)N2CCN(c3ccc(N4CC(C(=O)Cl)CC4=O)cc3)CC2)cc1. The topological polar surface area (TPSA) is 60.9 Å². The lowest BCUT2D eigenvalue weighted by molar-refractivity contribution is -0.120. The molecule has 0 aliphatic carbocycles. The van der Waals surface area contributed by atoms with Gasteiger partial charge in [0.25, 0.3) is 5.91 Å². The zero-order valence-electron chi connectivity index (χ0n) is 16.9. The second kappa shape index (κ2) is 8.48. The second-order valence-electron chi connectivity index (χ2n) is 7.87. The molecule has 156 valence electrons. The van der Waals surface area contributed by atoms with E-state index in [1.54, 1.807) is 4.90 Å². The predicted molar refractivity (Wildman–Crippen MR) is 117 cm³/mol. The van der Waals surface area contributed by atoms with E-state index in [2.05, 4.69) is 4.90 Å². The van der Waals surface area contributed by atoms with Gasteiger partial charge in [-0.2, -0.15) is 0 Å². The highest BCUT2D eigenvalue weighted by atomic mass is 35.5. The van der Waals surface area contributed by atoms with Gasteiger partial charge in [-0.05, 0) is 54.9 Å². The minimum atomic E-state index is -0.458. The molecule has 0 N–H and O–H groups in total. The molecular formula is C23H24ClN3O3. The number of hydrogen-bond acceptors (Lipinski definition) is 4. The molecule has 1 atom stereocenters. The highest BCUT2D eigenvalue weighted by molar-refractivity contribution is 6.64. The van der Waals surface area contributed by atoms with Crippen LogP contribution in [-0.4, -0.2) is 54.7 Å². The van der Waals surface area contributed by atoms with Crippen molar-refractivity contribution in [2.45, 2.75) is 13.3 Å². The fourth-order valence-electron chi connectivity index (χ4n) is 4.00. The molecular weight excluding hydrogens is 402 g/mol. The third kappa shape index (κ3) is 4.19. The minimum absolute atomic E-state index is 0.0703. The van der Waals surface area contributed by atoms with E-state index in [0.29, 0.717) is 19.6 Å². The second-order valence-corrected chi connectivity index (χ2v) is 8.24. The van der Waals surface area contributed by atoms with E-state index in [9.17, 15) is 14.4 Å². The van der Waals surface area contributed by atoms with Gasteiger partial charge in [-0.25, -0.2) is 0 Å². The van der Waals surface area contributed by atoms with Crippen molar-refractivity contribution >= 4 is 40.0 Å². The van der Waals surface area contributed by atoms with Gasteiger partial charge in [-0.1, -0.05) is 17.7 Å². The maximum atomic E-state index is 12.7. The fraction of sp³-hybridized carbons (Fsp3) is 0.348. The molecule has 6 nitrogen and oxygen atoms in total. The number of rotatable bonds is 4. The number of carbonyl (C=O) groups excluding carboxylic acids is 3. The number of halogens is 1. The Bertz CT molecular complexity index is 951. The molecule has 2 aromatic rings. The molecule has 1 unspecified atom stereocenters. The predicted octanol–water partition coefficient (Wildman–Crippen LogP) is 3.08. The standard InChI is InChI=1S/C23H24ClN3O3/c1-16-2-4-17(5-3-16)23(30)26-12-10-25(11-13-26)19-6-8-20(9-7-19)27-15-18(22(24)29)14-21(27)28/h2-9,18H,10-15H2,1H3. The number of piperazine rings is 1. The summed E-state index contributed by atoms with van der Waals surface area (Å²) in [6.07, 6.45) is 0.168.